The number of piperidine rings is 1. The maximum absolute atomic E-state index is 12.1. The van der Waals surface area contributed by atoms with Gasteiger partial charge in [-0.05, 0) is 25.7 Å². The summed E-state index contributed by atoms with van der Waals surface area (Å²) in [7, 11) is -3.08. The molecule has 1 fully saturated rings. The normalized spacial score (nSPS) is 18.4. The number of aliphatic hydroxyl groups excluding tert-OH is 1. The molecule has 0 bridgehead atoms. The predicted molar refractivity (Wildman–Crippen MR) is 72.8 cm³/mol. The maximum Gasteiger partial charge on any atom is 0.214 e. The molecule has 0 unspecified atom stereocenters. The maximum atomic E-state index is 12.1. The molecule has 5 nitrogen and oxygen atoms in total. The molecule has 0 aromatic carbocycles. The van der Waals surface area contributed by atoms with E-state index in [9.17, 15) is 8.42 Å². The molecule has 1 saturated heterocycles. The molecule has 18 heavy (non-hydrogen) atoms. The van der Waals surface area contributed by atoms with Crippen molar-refractivity contribution in [3.05, 3.63) is 0 Å². The Morgan fingerprint density at radius 1 is 1.17 bits per heavy atom. The molecule has 0 amide bonds. The molecule has 1 aliphatic rings. The van der Waals surface area contributed by atoms with Gasteiger partial charge in [0.1, 0.15) is 0 Å². The van der Waals surface area contributed by atoms with Gasteiger partial charge in [-0.25, -0.2) is 12.7 Å². The second kappa shape index (κ2) is 8.09. The summed E-state index contributed by atoms with van der Waals surface area (Å²) in [6.45, 7) is 4.89. The van der Waals surface area contributed by atoms with Crippen LogP contribution in [0.3, 0.4) is 0 Å². The molecule has 0 aliphatic carbocycles. The highest BCUT2D eigenvalue weighted by Crippen LogP contribution is 2.14. The molecule has 0 spiro atoms. The summed E-state index contributed by atoms with van der Waals surface area (Å²) in [5.74, 6) is 0.202. The Hall–Kier alpha value is -0.170. The average molecular weight is 278 g/mol. The Morgan fingerprint density at radius 3 is 2.39 bits per heavy atom. The van der Waals surface area contributed by atoms with Crippen molar-refractivity contribution >= 4 is 10.0 Å². The minimum Gasteiger partial charge on any atom is -0.381 e. The molecule has 1 rings (SSSR count). The number of aliphatic hydroxyl groups is 1. The van der Waals surface area contributed by atoms with Crippen molar-refractivity contribution in [2.45, 2.75) is 39.0 Å². The summed E-state index contributed by atoms with van der Waals surface area (Å²) in [4.78, 5) is 1.88. The van der Waals surface area contributed by atoms with Crippen molar-refractivity contribution in [1.82, 2.24) is 9.21 Å². The van der Waals surface area contributed by atoms with Gasteiger partial charge in [-0.1, -0.05) is 13.3 Å². The minimum atomic E-state index is -3.08. The quantitative estimate of drug-likeness (QED) is 0.669. The zero-order chi connectivity index (χ0) is 13.4. The molecular weight excluding hydrogens is 252 g/mol. The van der Waals surface area contributed by atoms with E-state index in [1.807, 2.05) is 11.8 Å². The molecule has 0 aromatic rings. The molecule has 6 heteroatoms. The highest BCUT2D eigenvalue weighted by Gasteiger charge is 2.23. The second-order valence-electron chi connectivity index (χ2n) is 4.89. The van der Waals surface area contributed by atoms with Crippen molar-refractivity contribution < 1.29 is 13.5 Å². The zero-order valence-electron chi connectivity index (χ0n) is 11.3. The second-order valence-corrected chi connectivity index (χ2v) is 6.98. The summed E-state index contributed by atoms with van der Waals surface area (Å²) >= 11 is 0. The Kier molecular flexibility index (Phi) is 7.14. The van der Waals surface area contributed by atoms with Gasteiger partial charge in [0.05, 0.1) is 12.5 Å². The van der Waals surface area contributed by atoms with Crippen molar-refractivity contribution in [2.24, 2.45) is 0 Å². The first-order chi connectivity index (χ1) is 8.60. The number of hydrogen-bond acceptors (Lipinski definition) is 4. The average Bonchev–Trinajstić information content (AvgIpc) is 2.38. The molecule has 0 radical (unpaired) electrons. The summed E-state index contributed by atoms with van der Waals surface area (Å²) in [5, 5.41) is 9.10. The fourth-order valence-corrected chi connectivity index (χ4v) is 3.88. The van der Waals surface area contributed by atoms with E-state index in [0.717, 1.165) is 32.2 Å². The Balaban J connectivity index is 2.32. The smallest absolute Gasteiger partial charge is 0.214 e. The van der Waals surface area contributed by atoms with Gasteiger partial charge in [0.25, 0.3) is 0 Å². The third-order valence-electron chi connectivity index (χ3n) is 3.32. The van der Waals surface area contributed by atoms with Crippen LogP contribution in [-0.2, 0) is 10.0 Å². The summed E-state index contributed by atoms with van der Waals surface area (Å²) in [6, 6.07) is 0. The SMILES string of the molecule is CCCN(CO)CCCS(=O)(=O)N1CCCCC1. The van der Waals surface area contributed by atoms with Crippen molar-refractivity contribution in [3.8, 4) is 0 Å². The highest BCUT2D eigenvalue weighted by atomic mass is 32.2. The first kappa shape index (κ1) is 15.9. The van der Waals surface area contributed by atoms with E-state index in [1.165, 1.54) is 0 Å². The first-order valence-electron chi connectivity index (χ1n) is 6.91. The highest BCUT2D eigenvalue weighted by molar-refractivity contribution is 7.89. The molecule has 108 valence electrons. The van der Waals surface area contributed by atoms with Gasteiger partial charge < -0.3 is 5.11 Å². The monoisotopic (exact) mass is 278 g/mol. The largest absolute Gasteiger partial charge is 0.381 e. The molecule has 1 N–H and O–H groups in total. The van der Waals surface area contributed by atoms with Crippen LogP contribution in [0.25, 0.3) is 0 Å². The lowest BCUT2D eigenvalue weighted by atomic mass is 10.2. The van der Waals surface area contributed by atoms with Gasteiger partial charge in [0, 0.05) is 26.2 Å². The molecule has 1 aliphatic heterocycles. The molecule has 0 saturated carbocycles. The van der Waals surface area contributed by atoms with E-state index in [0.29, 0.717) is 26.1 Å². The molecule has 0 aromatic heterocycles. The van der Waals surface area contributed by atoms with Gasteiger partial charge in [-0.3, -0.25) is 4.90 Å². The first-order valence-corrected chi connectivity index (χ1v) is 8.52. The van der Waals surface area contributed by atoms with Gasteiger partial charge in [0.15, 0.2) is 0 Å². The van der Waals surface area contributed by atoms with Crippen molar-refractivity contribution in [1.29, 1.82) is 0 Å². The summed E-state index contributed by atoms with van der Waals surface area (Å²) < 4.78 is 25.7. The molecular formula is C12H26N2O3S. The van der Waals surface area contributed by atoms with E-state index < -0.39 is 10.0 Å². The van der Waals surface area contributed by atoms with Crippen LogP contribution in [0.5, 0.6) is 0 Å². The van der Waals surface area contributed by atoms with E-state index in [4.69, 9.17) is 5.11 Å². The van der Waals surface area contributed by atoms with E-state index in [2.05, 4.69) is 0 Å². The number of sulfonamides is 1. The van der Waals surface area contributed by atoms with Gasteiger partial charge >= 0.3 is 0 Å². The standard InChI is InChI=1S/C12H26N2O3S/c1-2-7-13(12-15)8-6-11-18(16,17)14-9-4-3-5-10-14/h15H,2-12H2,1H3. The van der Waals surface area contributed by atoms with Gasteiger partial charge in [-0.15, -0.1) is 0 Å². The Bertz CT molecular complexity index is 313. The van der Waals surface area contributed by atoms with Crippen LogP contribution in [0.2, 0.25) is 0 Å². The molecule has 1 heterocycles. The van der Waals surface area contributed by atoms with Crippen LogP contribution in [-0.4, -0.2) is 61.4 Å². The number of hydrogen-bond donors (Lipinski definition) is 1. The van der Waals surface area contributed by atoms with Crippen molar-refractivity contribution in [3.63, 3.8) is 0 Å². The van der Waals surface area contributed by atoms with Crippen LogP contribution in [0.15, 0.2) is 0 Å². The van der Waals surface area contributed by atoms with Crippen LogP contribution in [0.4, 0.5) is 0 Å². The third kappa shape index (κ3) is 5.22. The fraction of sp³-hybridized carbons (Fsp3) is 1.00. The van der Waals surface area contributed by atoms with Crippen LogP contribution in [0, 0.1) is 0 Å². The lowest BCUT2D eigenvalue weighted by Crippen LogP contribution is -2.38. The lowest BCUT2D eigenvalue weighted by molar-refractivity contribution is 0.107. The number of nitrogens with zero attached hydrogens (tertiary/aromatic N) is 2. The Morgan fingerprint density at radius 2 is 1.83 bits per heavy atom. The topological polar surface area (TPSA) is 60.9 Å². The summed E-state index contributed by atoms with van der Waals surface area (Å²) in [5.41, 5.74) is 0. The van der Waals surface area contributed by atoms with E-state index in [-0.39, 0.29) is 12.5 Å². The Labute approximate surface area is 111 Å². The van der Waals surface area contributed by atoms with Gasteiger partial charge in [-0.2, -0.15) is 0 Å². The van der Waals surface area contributed by atoms with Crippen LogP contribution < -0.4 is 0 Å². The zero-order valence-corrected chi connectivity index (χ0v) is 12.2. The fourth-order valence-electron chi connectivity index (χ4n) is 2.31. The van der Waals surface area contributed by atoms with Crippen LogP contribution in [0.1, 0.15) is 39.0 Å². The summed E-state index contributed by atoms with van der Waals surface area (Å²) in [6.07, 6.45) is 4.68. The molecule has 0 atom stereocenters. The van der Waals surface area contributed by atoms with E-state index in [1.54, 1.807) is 4.31 Å². The predicted octanol–water partition coefficient (Wildman–Crippen LogP) is 0.854. The van der Waals surface area contributed by atoms with Crippen molar-refractivity contribution in [2.75, 3.05) is 38.7 Å². The lowest BCUT2D eigenvalue weighted by Gasteiger charge is -2.26. The minimum absolute atomic E-state index is 0.0115. The van der Waals surface area contributed by atoms with E-state index >= 15 is 0 Å². The number of rotatable bonds is 8. The van der Waals surface area contributed by atoms with Crippen LogP contribution >= 0.6 is 0 Å². The van der Waals surface area contributed by atoms with Gasteiger partial charge in [0.2, 0.25) is 10.0 Å². The third-order valence-corrected chi connectivity index (χ3v) is 5.28.